The predicted molar refractivity (Wildman–Crippen MR) is 225 cm³/mol. The molecule has 4 aliphatic heterocycles. The normalized spacial score (nSPS) is 17.9. The number of alkyl halides is 3. The van der Waals surface area contributed by atoms with E-state index in [1.165, 1.54) is 19.4 Å². The third-order valence-corrected chi connectivity index (χ3v) is 12.7. The van der Waals surface area contributed by atoms with E-state index in [4.69, 9.17) is 0 Å². The van der Waals surface area contributed by atoms with Crippen molar-refractivity contribution in [2.24, 2.45) is 5.92 Å². The Morgan fingerprint density at radius 1 is 0.873 bits per heavy atom. The number of piperidine rings is 1. The molecular weight excluding hydrogens is 848 g/mol. The van der Waals surface area contributed by atoms with E-state index >= 15 is 0 Å². The van der Waals surface area contributed by atoms with Crippen molar-refractivity contribution in [2.75, 3.05) is 90.4 Å². The van der Waals surface area contributed by atoms with E-state index in [0.29, 0.717) is 36.6 Å². The molecular formula is C40H44F3N13O6S. The number of fused-ring (bicyclic) bond motifs is 1. The number of carbonyl (C=O) groups is 4. The molecule has 0 atom stereocenters. The molecule has 5 amide bonds. The second-order valence-corrected chi connectivity index (χ2v) is 17.6. The SMILES string of the molecule is CN(c1nccnc1CNc1nc(Nc2ccc(N3CCN(CC4CCN(c5cccc6c5C(=O)N(N5CCC(=O)NC5=O)C6=O)CC4)CC3)cc2)ncc1C(F)(F)F)S(C)(=O)=O. The van der Waals surface area contributed by atoms with Crippen molar-refractivity contribution >= 4 is 68.4 Å². The van der Waals surface area contributed by atoms with Gasteiger partial charge in [-0.05, 0) is 55.2 Å². The van der Waals surface area contributed by atoms with Gasteiger partial charge in [-0.25, -0.2) is 28.2 Å². The number of anilines is 6. The van der Waals surface area contributed by atoms with Crippen molar-refractivity contribution in [2.45, 2.75) is 32.0 Å². The molecule has 8 rings (SSSR count). The summed E-state index contributed by atoms with van der Waals surface area (Å²) in [4.78, 5) is 74.0. The number of carbonyl (C=O) groups excluding carboxylic acids is 4. The molecule has 0 spiro atoms. The maximum atomic E-state index is 14.0. The number of nitrogens with zero attached hydrogens (tertiary/aromatic N) is 10. The Morgan fingerprint density at radius 3 is 2.27 bits per heavy atom. The van der Waals surface area contributed by atoms with Gasteiger partial charge in [0.15, 0.2) is 5.82 Å². The first-order valence-electron chi connectivity index (χ1n) is 20.2. The van der Waals surface area contributed by atoms with Crippen LogP contribution in [0.2, 0.25) is 0 Å². The lowest BCUT2D eigenvalue weighted by molar-refractivity contribution is -0.137. The zero-order valence-electron chi connectivity index (χ0n) is 34.3. The van der Waals surface area contributed by atoms with E-state index in [2.05, 4.69) is 50.6 Å². The minimum Gasteiger partial charge on any atom is -0.371 e. The number of hydrogen-bond acceptors (Lipinski definition) is 15. The molecule has 63 heavy (non-hydrogen) atoms. The molecule has 0 unspecified atom stereocenters. The number of hydrazine groups is 1. The summed E-state index contributed by atoms with van der Waals surface area (Å²) in [6.45, 7) is 5.25. The van der Waals surface area contributed by atoms with Gasteiger partial charge in [0.25, 0.3) is 11.8 Å². The lowest BCUT2D eigenvalue weighted by Gasteiger charge is -2.40. The number of urea groups is 1. The molecule has 3 N–H and O–H groups in total. The zero-order valence-corrected chi connectivity index (χ0v) is 35.1. The highest BCUT2D eigenvalue weighted by Gasteiger charge is 2.45. The largest absolute Gasteiger partial charge is 0.421 e. The number of sulfonamides is 1. The number of benzene rings is 2. The molecule has 3 saturated heterocycles. The minimum atomic E-state index is -4.78. The van der Waals surface area contributed by atoms with Crippen molar-refractivity contribution in [1.29, 1.82) is 0 Å². The first kappa shape index (κ1) is 43.0. The van der Waals surface area contributed by atoms with Gasteiger partial charge in [0.05, 0.1) is 36.2 Å². The van der Waals surface area contributed by atoms with Crippen molar-refractivity contribution < 1.29 is 40.8 Å². The molecule has 6 heterocycles. The fraction of sp³-hybridized carbons (Fsp3) is 0.400. The van der Waals surface area contributed by atoms with Crippen molar-refractivity contribution in [3.63, 3.8) is 0 Å². The second-order valence-electron chi connectivity index (χ2n) is 15.6. The molecule has 332 valence electrons. The van der Waals surface area contributed by atoms with Crippen LogP contribution in [0.5, 0.6) is 0 Å². The molecule has 19 nitrogen and oxygen atoms in total. The predicted octanol–water partition coefficient (Wildman–Crippen LogP) is 3.53. The topological polar surface area (TPSA) is 210 Å². The van der Waals surface area contributed by atoms with Gasteiger partial charge >= 0.3 is 12.2 Å². The molecule has 0 saturated carbocycles. The quantitative estimate of drug-likeness (QED) is 0.174. The minimum absolute atomic E-state index is 0.0121. The Labute approximate surface area is 360 Å². The Hall–Kier alpha value is -6.62. The number of nitrogens with one attached hydrogen (secondary N) is 3. The van der Waals surface area contributed by atoms with E-state index in [1.54, 1.807) is 24.3 Å². The summed E-state index contributed by atoms with van der Waals surface area (Å²) < 4.78 is 67.0. The van der Waals surface area contributed by atoms with E-state index in [9.17, 15) is 40.8 Å². The van der Waals surface area contributed by atoms with Gasteiger partial charge in [0, 0.05) is 89.2 Å². The average Bonchev–Trinajstić information content (AvgIpc) is 3.51. The maximum Gasteiger partial charge on any atom is 0.421 e. The second kappa shape index (κ2) is 17.3. The standard InChI is InChI=1S/C40H44F3N13O6S/c1-51(63(2,61)62)35-30(44-13-14-45-35)23-46-34-29(40(41,42)43)22-47-38(50-34)48-26-6-8-27(9-7-26)53-20-18-52(19-21-53)24-25-10-15-54(16-11-25)31-5-3-4-28-33(31)37(59)56(36(28)58)55-17-12-32(57)49-39(55)60/h3-9,13-14,22,25H,10-12,15-21,23-24H2,1-2H3,(H,49,57,60)(H2,46,47,48,50). The lowest BCUT2D eigenvalue weighted by atomic mass is 9.94. The third kappa shape index (κ3) is 9.14. The summed E-state index contributed by atoms with van der Waals surface area (Å²) in [5.74, 6) is -1.83. The summed E-state index contributed by atoms with van der Waals surface area (Å²) in [6.07, 6.45) is 1.24. The van der Waals surface area contributed by atoms with Crippen LogP contribution in [0, 0.1) is 5.92 Å². The van der Waals surface area contributed by atoms with Gasteiger partial charge in [0.2, 0.25) is 21.9 Å². The Balaban J connectivity index is 0.831. The van der Waals surface area contributed by atoms with Gasteiger partial charge in [-0.3, -0.25) is 33.9 Å². The fourth-order valence-corrected chi connectivity index (χ4v) is 8.60. The van der Waals surface area contributed by atoms with Crippen LogP contribution in [0.25, 0.3) is 0 Å². The number of aromatic nitrogens is 4. The average molecular weight is 892 g/mol. The monoisotopic (exact) mass is 891 g/mol. The summed E-state index contributed by atoms with van der Waals surface area (Å²) in [7, 11) is -2.45. The smallest absolute Gasteiger partial charge is 0.371 e. The first-order chi connectivity index (χ1) is 30.0. The van der Waals surface area contributed by atoms with Crippen LogP contribution in [0.1, 0.15) is 51.2 Å². The van der Waals surface area contributed by atoms with Gasteiger partial charge in [-0.2, -0.15) is 23.2 Å². The first-order valence-corrected chi connectivity index (χ1v) is 22.0. The molecule has 4 aromatic rings. The van der Waals surface area contributed by atoms with Crippen molar-refractivity contribution in [3.8, 4) is 0 Å². The zero-order chi connectivity index (χ0) is 44.6. The molecule has 0 aliphatic carbocycles. The Bertz CT molecular complexity index is 2530. The third-order valence-electron chi connectivity index (χ3n) is 11.5. The summed E-state index contributed by atoms with van der Waals surface area (Å²) in [6, 6.07) is 11.8. The van der Waals surface area contributed by atoms with Crippen LogP contribution in [-0.4, -0.2) is 133 Å². The van der Waals surface area contributed by atoms with Crippen LogP contribution >= 0.6 is 0 Å². The number of rotatable bonds is 12. The van der Waals surface area contributed by atoms with Gasteiger partial charge in [-0.15, -0.1) is 0 Å². The number of halogens is 3. The van der Waals surface area contributed by atoms with Crippen LogP contribution in [0.3, 0.4) is 0 Å². The highest BCUT2D eigenvalue weighted by Crippen LogP contribution is 2.37. The van der Waals surface area contributed by atoms with Crippen LogP contribution in [-0.2, 0) is 27.5 Å². The molecule has 2 aromatic carbocycles. The molecule has 23 heteroatoms. The van der Waals surface area contributed by atoms with Crippen LogP contribution in [0.15, 0.2) is 61.1 Å². The van der Waals surface area contributed by atoms with E-state index in [-0.39, 0.29) is 48.1 Å². The summed E-state index contributed by atoms with van der Waals surface area (Å²) in [5.41, 5.74) is 1.70. The molecule has 0 radical (unpaired) electrons. The highest BCUT2D eigenvalue weighted by atomic mass is 32.2. The van der Waals surface area contributed by atoms with Gasteiger partial charge in [0.1, 0.15) is 17.1 Å². The number of hydrogen-bond donors (Lipinski definition) is 3. The number of imide groups is 2. The fourth-order valence-electron chi connectivity index (χ4n) is 8.14. The van der Waals surface area contributed by atoms with Gasteiger partial charge < -0.3 is 20.4 Å². The van der Waals surface area contributed by atoms with Crippen molar-refractivity contribution in [3.05, 3.63) is 83.4 Å². The van der Waals surface area contributed by atoms with Crippen LogP contribution in [0.4, 0.5) is 52.6 Å². The molecule has 4 aliphatic rings. The van der Waals surface area contributed by atoms with E-state index in [1.807, 2.05) is 18.2 Å². The number of piperazine rings is 1. The molecule has 3 fully saturated rings. The lowest BCUT2D eigenvalue weighted by Crippen LogP contribution is -2.58. The highest BCUT2D eigenvalue weighted by molar-refractivity contribution is 7.92. The molecule has 2 aromatic heterocycles. The van der Waals surface area contributed by atoms with Crippen molar-refractivity contribution in [1.82, 2.24) is 40.2 Å². The number of amides is 5. The molecule has 0 bridgehead atoms. The van der Waals surface area contributed by atoms with E-state index < -0.39 is 51.3 Å². The van der Waals surface area contributed by atoms with Crippen LogP contribution < -0.4 is 30.1 Å². The Kier molecular flexibility index (Phi) is 11.8. The van der Waals surface area contributed by atoms with Gasteiger partial charge in [-0.1, -0.05) is 6.07 Å². The summed E-state index contributed by atoms with van der Waals surface area (Å²) in [5, 5.41) is 9.61. The van der Waals surface area contributed by atoms with E-state index in [0.717, 1.165) is 71.8 Å². The maximum absolute atomic E-state index is 14.0. The Morgan fingerprint density at radius 2 is 1.59 bits per heavy atom. The summed E-state index contributed by atoms with van der Waals surface area (Å²) >= 11 is 0.